The van der Waals surface area contributed by atoms with Crippen LogP contribution in [0.5, 0.6) is 0 Å². The Morgan fingerprint density at radius 3 is 2.86 bits per heavy atom. The summed E-state index contributed by atoms with van der Waals surface area (Å²) in [7, 11) is 1.43. The van der Waals surface area contributed by atoms with Crippen LogP contribution in [0.2, 0.25) is 0 Å². The second-order valence-electron chi connectivity index (χ2n) is 4.01. The lowest BCUT2D eigenvalue weighted by Crippen LogP contribution is -2.30. The highest BCUT2D eigenvalue weighted by Gasteiger charge is 2.27. The molecule has 0 aromatic carbocycles. The molecule has 0 aromatic heterocycles. The zero-order chi connectivity index (χ0) is 10.6. The Kier molecular flexibility index (Phi) is 4.35. The molecule has 0 aromatic rings. The van der Waals surface area contributed by atoms with Gasteiger partial charge in [-0.15, -0.1) is 0 Å². The van der Waals surface area contributed by atoms with Gasteiger partial charge in [0.05, 0.1) is 13.5 Å². The van der Waals surface area contributed by atoms with E-state index in [9.17, 15) is 4.79 Å². The molecule has 2 N–H and O–H groups in total. The summed E-state index contributed by atoms with van der Waals surface area (Å²) in [6.07, 6.45) is 1.63. The van der Waals surface area contributed by atoms with Crippen molar-refractivity contribution < 1.29 is 9.53 Å². The predicted molar refractivity (Wildman–Crippen MR) is 54.8 cm³/mol. The fourth-order valence-corrected chi connectivity index (χ4v) is 2.04. The third-order valence-corrected chi connectivity index (χ3v) is 2.95. The molecule has 0 radical (unpaired) electrons. The second kappa shape index (κ2) is 5.32. The fraction of sp³-hybridized carbons (Fsp3) is 0.900. The lowest BCUT2D eigenvalue weighted by Gasteiger charge is -2.19. The lowest BCUT2D eigenvalue weighted by molar-refractivity contribution is -0.141. The first-order valence-corrected chi connectivity index (χ1v) is 5.18. The average molecular weight is 200 g/mol. The number of likely N-dealkylation sites (tertiary alicyclic amines) is 1. The normalized spacial score (nSPS) is 27.9. The van der Waals surface area contributed by atoms with Crippen molar-refractivity contribution in [1.29, 1.82) is 0 Å². The van der Waals surface area contributed by atoms with Crippen molar-refractivity contribution >= 4 is 5.97 Å². The molecule has 2 unspecified atom stereocenters. The molecule has 0 bridgehead atoms. The number of rotatable bonds is 4. The van der Waals surface area contributed by atoms with Crippen LogP contribution < -0.4 is 5.73 Å². The van der Waals surface area contributed by atoms with E-state index in [2.05, 4.69) is 16.6 Å². The molecule has 1 heterocycles. The molecular formula is C10H20N2O2. The van der Waals surface area contributed by atoms with Crippen molar-refractivity contribution in [2.45, 2.75) is 25.8 Å². The van der Waals surface area contributed by atoms with Gasteiger partial charge in [0.25, 0.3) is 0 Å². The fourth-order valence-electron chi connectivity index (χ4n) is 2.04. The number of carbonyl (C=O) groups excluding carboxylic acids is 1. The van der Waals surface area contributed by atoms with Gasteiger partial charge < -0.3 is 10.5 Å². The van der Waals surface area contributed by atoms with Crippen LogP contribution in [0.15, 0.2) is 0 Å². The number of ether oxygens (including phenoxy) is 1. The third-order valence-electron chi connectivity index (χ3n) is 2.95. The van der Waals surface area contributed by atoms with Crippen LogP contribution in [0.25, 0.3) is 0 Å². The Bertz CT molecular complexity index is 197. The minimum Gasteiger partial charge on any atom is -0.469 e. The van der Waals surface area contributed by atoms with E-state index in [-0.39, 0.29) is 5.97 Å². The Morgan fingerprint density at radius 2 is 2.36 bits per heavy atom. The number of methoxy groups -OCH3 is 1. The molecule has 14 heavy (non-hydrogen) atoms. The van der Waals surface area contributed by atoms with Gasteiger partial charge in [-0.2, -0.15) is 0 Å². The van der Waals surface area contributed by atoms with Crippen LogP contribution in [-0.4, -0.2) is 43.7 Å². The minimum absolute atomic E-state index is 0.131. The predicted octanol–water partition coefficient (Wildman–Crippen LogP) is 0.219. The largest absolute Gasteiger partial charge is 0.469 e. The average Bonchev–Trinajstić information content (AvgIpc) is 2.55. The van der Waals surface area contributed by atoms with Crippen LogP contribution in [-0.2, 0) is 9.53 Å². The Hall–Kier alpha value is -0.610. The number of nitrogens with zero attached hydrogens (tertiary/aromatic N) is 1. The van der Waals surface area contributed by atoms with E-state index >= 15 is 0 Å². The van der Waals surface area contributed by atoms with E-state index in [1.165, 1.54) is 7.11 Å². The lowest BCUT2D eigenvalue weighted by atomic mass is 10.1. The first-order chi connectivity index (χ1) is 6.67. The van der Waals surface area contributed by atoms with Crippen molar-refractivity contribution in [2.24, 2.45) is 11.7 Å². The zero-order valence-electron chi connectivity index (χ0n) is 9.03. The molecule has 4 heteroatoms. The number of hydrogen-bond acceptors (Lipinski definition) is 4. The summed E-state index contributed by atoms with van der Waals surface area (Å²) in [4.78, 5) is 13.3. The molecule has 0 aliphatic carbocycles. The quantitative estimate of drug-likeness (QED) is 0.659. The number of hydrogen-bond donors (Lipinski definition) is 1. The monoisotopic (exact) mass is 200 g/mol. The summed E-state index contributed by atoms with van der Waals surface area (Å²) in [5, 5.41) is 0. The Labute approximate surface area is 85.4 Å². The van der Waals surface area contributed by atoms with Crippen LogP contribution in [0, 0.1) is 5.92 Å². The van der Waals surface area contributed by atoms with Gasteiger partial charge in [-0.3, -0.25) is 9.69 Å². The summed E-state index contributed by atoms with van der Waals surface area (Å²) < 4.78 is 4.61. The van der Waals surface area contributed by atoms with E-state index in [0.29, 0.717) is 18.4 Å². The van der Waals surface area contributed by atoms with E-state index in [0.717, 1.165) is 26.1 Å². The Morgan fingerprint density at radius 1 is 1.64 bits per heavy atom. The Balaban J connectivity index is 2.28. The van der Waals surface area contributed by atoms with Gasteiger partial charge in [0.15, 0.2) is 0 Å². The van der Waals surface area contributed by atoms with Crippen molar-refractivity contribution in [3.8, 4) is 0 Å². The van der Waals surface area contributed by atoms with E-state index in [4.69, 9.17) is 5.73 Å². The summed E-state index contributed by atoms with van der Waals surface area (Å²) in [6, 6.07) is 0.549. The molecule has 1 aliphatic heterocycles. The highest BCUT2D eigenvalue weighted by molar-refractivity contribution is 5.69. The van der Waals surface area contributed by atoms with Gasteiger partial charge in [0.1, 0.15) is 0 Å². The molecule has 1 rings (SSSR count). The van der Waals surface area contributed by atoms with Crippen LogP contribution in [0.3, 0.4) is 0 Å². The van der Waals surface area contributed by atoms with Crippen molar-refractivity contribution in [3.63, 3.8) is 0 Å². The van der Waals surface area contributed by atoms with Crippen LogP contribution in [0.4, 0.5) is 0 Å². The van der Waals surface area contributed by atoms with E-state index < -0.39 is 0 Å². The summed E-state index contributed by atoms with van der Waals surface area (Å²) in [5.74, 6) is 0.469. The minimum atomic E-state index is -0.131. The van der Waals surface area contributed by atoms with Gasteiger partial charge >= 0.3 is 5.97 Å². The first kappa shape index (κ1) is 11.5. The van der Waals surface area contributed by atoms with E-state index in [1.54, 1.807) is 0 Å². The maximum absolute atomic E-state index is 11.0. The molecule has 4 nitrogen and oxygen atoms in total. The maximum atomic E-state index is 11.0. The smallest absolute Gasteiger partial charge is 0.306 e. The van der Waals surface area contributed by atoms with Crippen molar-refractivity contribution in [2.75, 3.05) is 26.7 Å². The van der Waals surface area contributed by atoms with Crippen LogP contribution >= 0.6 is 0 Å². The highest BCUT2D eigenvalue weighted by Crippen LogP contribution is 2.21. The summed E-state index contributed by atoms with van der Waals surface area (Å²) in [6.45, 7) is 4.75. The number of nitrogens with two attached hydrogens (primary N) is 1. The number of esters is 1. The van der Waals surface area contributed by atoms with Gasteiger partial charge in [-0.1, -0.05) is 0 Å². The highest BCUT2D eigenvalue weighted by atomic mass is 16.5. The topological polar surface area (TPSA) is 55.6 Å². The van der Waals surface area contributed by atoms with Crippen molar-refractivity contribution in [3.05, 3.63) is 0 Å². The molecule has 82 valence electrons. The van der Waals surface area contributed by atoms with Crippen molar-refractivity contribution in [1.82, 2.24) is 4.90 Å². The molecule has 2 atom stereocenters. The molecule has 1 saturated heterocycles. The number of carbonyl (C=O) groups is 1. The van der Waals surface area contributed by atoms with E-state index in [1.807, 2.05) is 0 Å². The molecule has 1 fully saturated rings. The molecular weight excluding hydrogens is 180 g/mol. The zero-order valence-corrected chi connectivity index (χ0v) is 9.03. The first-order valence-electron chi connectivity index (χ1n) is 5.18. The summed E-state index contributed by atoms with van der Waals surface area (Å²) in [5.41, 5.74) is 5.62. The van der Waals surface area contributed by atoms with Gasteiger partial charge in [-0.25, -0.2) is 0 Å². The SMILES string of the molecule is COC(=O)CCN1CC(CN)CC1C. The van der Waals surface area contributed by atoms with Gasteiger partial charge in [0, 0.05) is 19.1 Å². The molecule has 0 amide bonds. The molecule has 0 spiro atoms. The third kappa shape index (κ3) is 2.96. The van der Waals surface area contributed by atoms with Crippen LogP contribution in [0.1, 0.15) is 19.8 Å². The standard InChI is InChI=1S/C10H20N2O2/c1-8-5-9(6-11)7-12(8)4-3-10(13)14-2/h8-9H,3-7,11H2,1-2H3. The second-order valence-corrected chi connectivity index (χ2v) is 4.01. The molecule has 0 saturated carbocycles. The van der Waals surface area contributed by atoms with Gasteiger partial charge in [-0.05, 0) is 25.8 Å². The maximum Gasteiger partial charge on any atom is 0.306 e. The molecule has 1 aliphatic rings. The van der Waals surface area contributed by atoms with Gasteiger partial charge in [0.2, 0.25) is 0 Å². The summed E-state index contributed by atoms with van der Waals surface area (Å²) >= 11 is 0.